The van der Waals surface area contributed by atoms with Crippen molar-refractivity contribution in [2.75, 3.05) is 0 Å². The van der Waals surface area contributed by atoms with Gasteiger partial charge in [0.05, 0.1) is 6.33 Å². The van der Waals surface area contributed by atoms with E-state index in [2.05, 4.69) is 4.98 Å². The normalized spacial score (nSPS) is 10.0. The second kappa shape index (κ2) is 3.32. The average molecular weight is 152 g/mol. The van der Waals surface area contributed by atoms with Gasteiger partial charge in [0.15, 0.2) is 0 Å². The monoisotopic (exact) mass is 152 g/mol. The summed E-state index contributed by atoms with van der Waals surface area (Å²) in [7, 11) is 0. The van der Waals surface area contributed by atoms with Crippen molar-refractivity contribution in [3.05, 3.63) is 28.4 Å². The van der Waals surface area contributed by atoms with Gasteiger partial charge in [0, 0.05) is 18.3 Å². The lowest BCUT2D eigenvalue weighted by Crippen LogP contribution is -2.19. The van der Waals surface area contributed by atoms with Gasteiger partial charge in [-0.2, -0.15) is 0 Å². The maximum atomic E-state index is 11.2. The number of hydrogen-bond acceptors (Lipinski definition) is 2. The highest BCUT2D eigenvalue weighted by Gasteiger charge is 1.94. The highest BCUT2D eigenvalue weighted by Crippen LogP contribution is 1.88. The van der Waals surface area contributed by atoms with Crippen molar-refractivity contribution in [3.8, 4) is 0 Å². The van der Waals surface area contributed by atoms with Gasteiger partial charge in [-0.1, -0.05) is 6.92 Å². The summed E-state index contributed by atoms with van der Waals surface area (Å²) in [6.07, 6.45) is 2.42. The molecule has 0 amide bonds. The Labute approximate surface area is 65.7 Å². The maximum Gasteiger partial charge on any atom is 0.253 e. The second-order valence-electron chi connectivity index (χ2n) is 2.36. The fourth-order valence-electron chi connectivity index (χ4n) is 0.894. The highest BCUT2D eigenvalue weighted by atomic mass is 16.1. The average Bonchev–Trinajstić information content (AvgIpc) is 2.04. The van der Waals surface area contributed by atoms with Crippen LogP contribution in [0.4, 0.5) is 0 Å². The van der Waals surface area contributed by atoms with E-state index in [0.717, 1.165) is 12.1 Å². The maximum absolute atomic E-state index is 11.2. The van der Waals surface area contributed by atoms with Crippen LogP contribution in [0.3, 0.4) is 0 Å². The highest BCUT2D eigenvalue weighted by molar-refractivity contribution is 4.98. The summed E-state index contributed by atoms with van der Waals surface area (Å²) < 4.78 is 1.58. The minimum atomic E-state index is 0.0411. The van der Waals surface area contributed by atoms with Crippen molar-refractivity contribution in [2.24, 2.45) is 0 Å². The Kier molecular flexibility index (Phi) is 2.41. The van der Waals surface area contributed by atoms with E-state index >= 15 is 0 Å². The van der Waals surface area contributed by atoms with E-state index in [1.807, 2.05) is 13.8 Å². The molecule has 3 heteroatoms. The third kappa shape index (κ3) is 1.67. The van der Waals surface area contributed by atoms with Crippen molar-refractivity contribution in [3.63, 3.8) is 0 Å². The molecule has 0 radical (unpaired) electrons. The van der Waals surface area contributed by atoms with Crippen LogP contribution in [0.25, 0.3) is 0 Å². The molecule has 0 bridgehead atoms. The lowest BCUT2D eigenvalue weighted by molar-refractivity contribution is 0.698. The van der Waals surface area contributed by atoms with Gasteiger partial charge in [0.1, 0.15) is 0 Å². The van der Waals surface area contributed by atoms with Crippen molar-refractivity contribution in [1.82, 2.24) is 9.55 Å². The summed E-state index contributed by atoms with van der Waals surface area (Å²) in [6.45, 7) is 4.60. The molecule has 1 aromatic heterocycles. The minimum absolute atomic E-state index is 0.0411. The zero-order chi connectivity index (χ0) is 8.27. The molecule has 1 heterocycles. The number of hydrogen-bond donors (Lipinski definition) is 0. The molecule has 60 valence electrons. The first-order valence-electron chi connectivity index (χ1n) is 3.83. The van der Waals surface area contributed by atoms with E-state index in [1.54, 1.807) is 17.0 Å². The second-order valence-corrected chi connectivity index (χ2v) is 2.36. The molecule has 0 saturated carbocycles. The predicted octanol–water partition coefficient (Wildman–Crippen LogP) is 0.826. The van der Waals surface area contributed by atoms with Crippen LogP contribution in [0, 0.1) is 0 Å². The van der Waals surface area contributed by atoms with Crippen LogP contribution in [0.5, 0.6) is 0 Å². The first-order chi connectivity index (χ1) is 5.27. The van der Waals surface area contributed by atoms with Crippen LogP contribution in [0.1, 0.15) is 19.5 Å². The van der Waals surface area contributed by atoms with Gasteiger partial charge in [-0.25, -0.2) is 4.98 Å². The molecule has 0 aromatic carbocycles. The molecule has 0 saturated heterocycles. The third-order valence-electron chi connectivity index (χ3n) is 1.64. The van der Waals surface area contributed by atoms with E-state index in [9.17, 15) is 4.79 Å². The number of rotatable bonds is 2. The van der Waals surface area contributed by atoms with Gasteiger partial charge in [-0.15, -0.1) is 0 Å². The Hall–Kier alpha value is -1.12. The van der Waals surface area contributed by atoms with Gasteiger partial charge < -0.3 is 0 Å². The molecule has 0 unspecified atom stereocenters. The SMILES string of the molecule is CCc1cc(=O)n(CC)cn1. The van der Waals surface area contributed by atoms with Gasteiger partial charge in [0.2, 0.25) is 0 Å². The topological polar surface area (TPSA) is 34.9 Å². The molecule has 0 aliphatic rings. The van der Waals surface area contributed by atoms with Gasteiger partial charge in [-0.05, 0) is 13.3 Å². The Balaban J connectivity index is 3.10. The summed E-state index contributed by atoms with van der Waals surface area (Å²) in [4.78, 5) is 15.2. The first-order valence-corrected chi connectivity index (χ1v) is 3.83. The lowest BCUT2D eigenvalue weighted by atomic mass is 10.3. The van der Waals surface area contributed by atoms with E-state index in [1.165, 1.54) is 0 Å². The standard InChI is InChI=1S/C8H12N2O/c1-3-7-5-8(11)10(4-2)6-9-7/h5-6H,3-4H2,1-2H3. The Morgan fingerprint density at radius 1 is 1.55 bits per heavy atom. The quantitative estimate of drug-likeness (QED) is 0.629. The summed E-state index contributed by atoms with van der Waals surface area (Å²) in [5.41, 5.74) is 0.902. The fourth-order valence-corrected chi connectivity index (χ4v) is 0.894. The van der Waals surface area contributed by atoms with Gasteiger partial charge in [0.25, 0.3) is 5.56 Å². The molecular weight excluding hydrogens is 140 g/mol. The molecule has 11 heavy (non-hydrogen) atoms. The van der Waals surface area contributed by atoms with Crippen LogP contribution in [0.2, 0.25) is 0 Å². The van der Waals surface area contributed by atoms with Gasteiger partial charge >= 0.3 is 0 Å². The molecule has 0 aliphatic carbocycles. The van der Waals surface area contributed by atoms with Crippen LogP contribution in [-0.4, -0.2) is 9.55 Å². The largest absolute Gasteiger partial charge is 0.300 e. The number of aryl methyl sites for hydroxylation is 2. The Bertz CT molecular complexity index is 290. The molecule has 0 aliphatic heterocycles. The summed E-state index contributed by atoms with van der Waals surface area (Å²) in [6, 6.07) is 1.59. The number of nitrogens with zero attached hydrogens (tertiary/aromatic N) is 2. The van der Waals surface area contributed by atoms with Crippen molar-refractivity contribution in [2.45, 2.75) is 26.8 Å². The molecule has 0 spiro atoms. The lowest BCUT2D eigenvalue weighted by Gasteiger charge is -2.00. The van der Waals surface area contributed by atoms with Crippen LogP contribution < -0.4 is 5.56 Å². The summed E-state index contributed by atoms with van der Waals surface area (Å²) in [5.74, 6) is 0. The third-order valence-corrected chi connectivity index (χ3v) is 1.64. The first kappa shape index (κ1) is 7.98. The molecule has 0 N–H and O–H groups in total. The molecule has 0 fully saturated rings. The van der Waals surface area contributed by atoms with Gasteiger partial charge in [-0.3, -0.25) is 9.36 Å². The fraction of sp³-hybridized carbons (Fsp3) is 0.500. The summed E-state index contributed by atoms with van der Waals surface area (Å²) in [5, 5.41) is 0. The van der Waals surface area contributed by atoms with Crippen molar-refractivity contribution < 1.29 is 0 Å². The predicted molar refractivity (Wildman–Crippen MR) is 43.5 cm³/mol. The number of aromatic nitrogens is 2. The molecule has 1 aromatic rings. The van der Waals surface area contributed by atoms with E-state index in [0.29, 0.717) is 6.54 Å². The van der Waals surface area contributed by atoms with E-state index in [4.69, 9.17) is 0 Å². The molecule has 1 rings (SSSR count). The molecule has 0 atom stereocenters. The Morgan fingerprint density at radius 2 is 2.27 bits per heavy atom. The zero-order valence-electron chi connectivity index (χ0n) is 6.87. The van der Waals surface area contributed by atoms with Crippen LogP contribution >= 0.6 is 0 Å². The Morgan fingerprint density at radius 3 is 2.73 bits per heavy atom. The zero-order valence-corrected chi connectivity index (χ0v) is 6.87. The van der Waals surface area contributed by atoms with E-state index in [-0.39, 0.29) is 5.56 Å². The van der Waals surface area contributed by atoms with Crippen LogP contribution in [-0.2, 0) is 13.0 Å². The minimum Gasteiger partial charge on any atom is -0.300 e. The molecule has 3 nitrogen and oxygen atoms in total. The van der Waals surface area contributed by atoms with E-state index < -0.39 is 0 Å². The van der Waals surface area contributed by atoms with Crippen LogP contribution in [0.15, 0.2) is 17.2 Å². The summed E-state index contributed by atoms with van der Waals surface area (Å²) >= 11 is 0. The van der Waals surface area contributed by atoms with Crippen molar-refractivity contribution in [1.29, 1.82) is 0 Å². The molecular formula is C8H12N2O. The smallest absolute Gasteiger partial charge is 0.253 e. The van der Waals surface area contributed by atoms with Crippen molar-refractivity contribution >= 4 is 0 Å².